The Kier molecular flexibility index (Phi) is 4.90. The Labute approximate surface area is 170 Å². The molecule has 0 bridgehead atoms. The van der Waals surface area contributed by atoms with Crippen LogP contribution in [0.1, 0.15) is 10.4 Å². The summed E-state index contributed by atoms with van der Waals surface area (Å²) in [6.07, 6.45) is 0. The first kappa shape index (κ1) is 18.3. The minimum absolute atomic E-state index is 0.0497. The van der Waals surface area contributed by atoms with Crippen LogP contribution in [0.4, 0.5) is 6.01 Å². The summed E-state index contributed by atoms with van der Waals surface area (Å²) < 4.78 is 10.9. The van der Waals surface area contributed by atoms with Crippen molar-refractivity contribution in [2.75, 3.05) is 12.4 Å². The number of hydrogen-bond donors (Lipinski definition) is 1. The Morgan fingerprint density at radius 2 is 1.68 bits per heavy atom. The maximum absolute atomic E-state index is 12.7. The number of nitrogens with zero attached hydrogens (tertiary/aromatic N) is 2. The standard InChI is InChI=1S/C20H13Cl2N3O3/c1-27-17-9-12-5-3-2-4-11(12)8-16(17)18(26)23-20-25-24-19(28-20)13-6-14(21)10-15(22)7-13/h2-10H,1H3,(H,23,25,26). The van der Waals surface area contributed by atoms with E-state index in [9.17, 15) is 4.79 Å². The lowest BCUT2D eigenvalue weighted by Gasteiger charge is -2.09. The predicted octanol–water partition coefficient (Wildman–Crippen LogP) is 5.46. The minimum Gasteiger partial charge on any atom is -0.496 e. The van der Waals surface area contributed by atoms with Gasteiger partial charge < -0.3 is 9.15 Å². The van der Waals surface area contributed by atoms with Gasteiger partial charge in [-0.15, -0.1) is 5.10 Å². The Morgan fingerprint density at radius 1 is 1.00 bits per heavy atom. The van der Waals surface area contributed by atoms with Crippen molar-refractivity contribution in [3.8, 4) is 17.2 Å². The molecule has 6 nitrogen and oxygen atoms in total. The van der Waals surface area contributed by atoms with Gasteiger partial charge in [0.25, 0.3) is 5.91 Å². The first-order valence-corrected chi connectivity index (χ1v) is 8.97. The fourth-order valence-electron chi connectivity index (χ4n) is 2.80. The number of methoxy groups -OCH3 is 1. The quantitative estimate of drug-likeness (QED) is 0.480. The zero-order chi connectivity index (χ0) is 19.7. The summed E-state index contributed by atoms with van der Waals surface area (Å²) in [7, 11) is 1.51. The van der Waals surface area contributed by atoms with Crippen LogP contribution in [0.15, 0.2) is 59.0 Å². The molecule has 0 atom stereocenters. The van der Waals surface area contributed by atoms with Crippen LogP contribution < -0.4 is 10.1 Å². The van der Waals surface area contributed by atoms with Gasteiger partial charge in [0.05, 0.1) is 12.7 Å². The van der Waals surface area contributed by atoms with Gasteiger partial charge in [0.15, 0.2) is 0 Å². The third-order valence-corrected chi connectivity index (χ3v) is 4.50. The van der Waals surface area contributed by atoms with Crippen LogP contribution in [0.25, 0.3) is 22.2 Å². The summed E-state index contributed by atoms with van der Waals surface area (Å²) in [5, 5.41) is 13.1. The minimum atomic E-state index is -0.429. The van der Waals surface area contributed by atoms with Gasteiger partial charge in [-0.1, -0.05) is 52.6 Å². The van der Waals surface area contributed by atoms with E-state index in [1.165, 1.54) is 7.11 Å². The molecule has 0 saturated carbocycles. The molecule has 0 aliphatic heterocycles. The van der Waals surface area contributed by atoms with Crippen molar-refractivity contribution in [3.05, 3.63) is 70.2 Å². The highest BCUT2D eigenvalue weighted by Gasteiger charge is 2.17. The number of amides is 1. The number of nitrogens with one attached hydrogen (secondary N) is 1. The molecule has 0 aliphatic carbocycles. The highest BCUT2D eigenvalue weighted by molar-refractivity contribution is 6.35. The smallest absolute Gasteiger partial charge is 0.322 e. The third kappa shape index (κ3) is 3.65. The van der Waals surface area contributed by atoms with E-state index in [0.717, 1.165) is 10.8 Å². The number of halogens is 2. The summed E-state index contributed by atoms with van der Waals surface area (Å²) >= 11 is 12.0. The lowest BCUT2D eigenvalue weighted by molar-refractivity contribution is 0.102. The number of hydrogen-bond acceptors (Lipinski definition) is 5. The molecule has 0 aliphatic rings. The van der Waals surface area contributed by atoms with Gasteiger partial charge in [-0.25, -0.2) is 0 Å². The monoisotopic (exact) mass is 413 g/mol. The molecule has 0 unspecified atom stereocenters. The highest BCUT2D eigenvalue weighted by atomic mass is 35.5. The average Bonchev–Trinajstić information content (AvgIpc) is 3.14. The van der Waals surface area contributed by atoms with E-state index in [1.807, 2.05) is 24.3 Å². The van der Waals surface area contributed by atoms with E-state index in [-0.39, 0.29) is 11.9 Å². The number of rotatable bonds is 4. The van der Waals surface area contributed by atoms with E-state index < -0.39 is 5.91 Å². The molecule has 3 aromatic carbocycles. The molecule has 8 heteroatoms. The second kappa shape index (κ2) is 7.50. The Bertz CT molecular complexity index is 1170. The SMILES string of the molecule is COc1cc2ccccc2cc1C(=O)Nc1nnc(-c2cc(Cl)cc(Cl)c2)o1. The number of aromatic nitrogens is 2. The second-order valence-corrected chi connectivity index (χ2v) is 6.80. The van der Waals surface area contributed by atoms with Gasteiger partial charge in [-0.2, -0.15) is 0 Å². The summed E-state index contributed by atoms with van der Waals surface area (Å²) in [6, 6.07) is 16.1. The zero-order valence-electron chi connectivity index (χ0n) is 14.6. The predicted molar refractivity (Wildman–Crippen MR) is 108 cm³/mol. The van der Waals surface area contributed by atoms with Crippen LogP contribution in [0.5, 0.6) is 5.75 Å². The van der Waals surface area contributed by atoms with Gasteiger partial charge >= 0.3 is 6.01 Å². The van der Waals surface area contributed by atoms with E-state index in [4.69, 9.17) is 32.4 Å². The molecule has 0 spiro atoms. The maximum atomic E-state index is 12.7. The largest absolute Gasteiger partial charge is 0.496 e. The van der Waals surface area contributed by atoms with E-state index in [1.54, 1.807) is 30.3 Å². The molecule has 0 fully saturated rings. The van der Waals surface area contributed by atoms with Crippen molar-refractivity contribution in [2.45, 2.75) is 0 Å². The van der Waals surface area contributed by atoms with Crippen LogP contribution in [-0.2, 0) is 0 Å². The molecule has 0 radical (unpaired) electrons. The summed E-state index contributed by atoms with van der Waals surface area (Å²) in [5.74, 6) is 0.199. The van der Waals surface area contributed by atoms with Gasteiger partial charge in [-0.05, 0) is 41.1 Å². The summed E-state index contributed by atoms with van der Waals surface area (Å²) in [6.45, 7) is 0. The molecule has 28 heavy (non-hydrogen) atoms. The summed E-state index contributed by atoms with van der Waals surface area (Å²) in [4.78, 5) is 12.7. The third-order valence-electron chi connectivity index (χ3n) is 4.07. The highest BCUT2D eigenvalue weighted by Crippen LogP contribution is 2.29. The number of carbonyl (C=O) groups excluding carboxylic acids is 1. The molecule has 1 heterocycles. The molecule has 1 N–H and O–H groups in total. The van der Waals surface area contributed by atoms with Crippen molar-refractivity contribution in [3.63, 3.8) is 0 Å². The summed E-state index contributed by atoms with van der Waals surface area (Å²) in [5.41, 5.74) is 0.903. The maximum Gasteiger partial charge on any atom is 0.322 e. The fraction of sp³-hybridized carbons (Fsp3) is 0.0500. The molecular weight excluding hydrogens is 401 g/mol. The van der Waals surface area contributed by atoms with Crippen molar-refractivity contribution < 1.29 is 13.9 Å². The first-order valence-electron chi connectivity index (χ1n) is 8.21. The average molecular weight is 414 g/mol. The molecular formula is C20H13Cl2N3O3. The van der Waals surface area contributed by atoms with Crippen LogP contribution in [-0.4, -0.2) is 23.2 Å². The number of carbonyl (C=O) groups is 1. The lowest BCUT2D eigenvalue weighted by Crippen LogP contribution is -2.13. The van der Waals surface area contributed by atoms with Gasteiger partial charge in [0.1, 0.15) is 5.75 Å². The van der Waals surface area contributed by atoms with Crippen LogP contribution in [0.2, 0.25) is 10.0 Å². The molecule has 4 aromatic rings. The Hall–Kier alpha value is -3.09. The number of anilines is 1. The number of ether oxygens (including phenoxy) is 1. The van der Waals surface area contributed by atoms with Gasteiger partial charge in [-0.3, -0.25) is 10.1 Å². The van der Waals surface area contributed by atoms with Crippen LogP contribution in [0.3, 0.4) is 0 Å². The molecule has 1 aromatic heterocycles. The lowest BCUT2D eigenvalue weighted by atomic mass is 10.1. The van der Waals surface area contributed by atoms with Crippen molar-refractivity contribution in [1.29, 1.82) is 0 Å². The molecule has 1 amide bonds. The number of fused-ring (bicyclic) bond motifs is 1. The van der Waals surface area contributed by atoms with Crippen molar-refractivity contribution in [1.82, 2.24) is 10.2 Å². The van der Waals surface area contributed by atoms with Gasteiger partial charge in [0.2, 0.25) is 5.89 Å². The van der Waals surface area contributed by atoms with Crippen LogP contribution >= 0.6 is 23.2 Å². The normalized spacial score (nSPS) is 10.8. The van der Waals surface area contributed by atoms with Crippen molar-refractivity contribution >= 4 is 45.9 Å². The fourth-order valence-corrected chi connectivity index (χ4v) is 3.32. The van der Waals surface area contributed by atoms with Crippen LogP contribution in [0, 0.1) is 0 Å². The van der Waals surface area contributed by atoms with E-state index in [2.05, 4.69) is 15.5 Å². The molecule has 140 valence electrons. The topological polar surface area (TPSA) is 77.2 Å². The zero-order valence-corrected chi connectivity index (χ0v) is 16.1. The second-order valence-electron chi connectivity index (χ2n) is 5.92. The van der Waals surface area contributed by atoms with E-state index in [0.29, 0.717) is 26.9 Å². The van der Waals surface area contributed by atoms with Crippen molar-refractivity contribution in [2.24, 2.45) is 0 Å². The Morgan fingerprint density at radius 3 is 2.36 bits per heavy atom. The Balaban J connectivity index is 1.62. The van der Waals surface area contributed by atoms with Gasteiger partial charge in [0, 0.05) is 15.6 Å². The first-order chi connectivity index (χ1) is 13.5. The number of benzene rings is 3. The van der Waals surface area contributed by atoms with E-state index >= 15 is 0 Å². The molecule has 0 saturated heterocycles. The molecule has 4 rings (SSSR count).